The maximum absolute atomic E-state index is 11.5. The fraction of sp³-hybridized carbons (Fsp3) is 0.636. The van der Waals surface area contributed by atoms with E-state index in [9.17, 15) is 8.42 Å². The molecule has 1 aromatic heterocycles. The van der Waals surface area contributed by atoms with Crippen LogP contribution in [0.3, 0.4) is 0 Å². The Morgan fingerprint density at radius 2 is 2.24 bits per heavy atom. The molecule has 4 nitrogen and oxygen atoms in total. The molecule has 94 valence electrons. The van der Waals surface area contributed by atoms with E-state index in [4.69, 9.17) is 12.2 Å². The number of sulfone groups is 1. The highest BCUT2D eigenvalue weighted by atomic mass is 32.2. The van der Waals surface area contributed by atoms with E-state index in [1.807, 2.05) is 6.07 Å². The molecule has 0 spiro atoms. The number of nitrogens with one attached hydrogen (secondary N) is 1. The van der Waals surface area contributed by atoms with Crippen molar-refractivity contribution in [2.75, 3.05) is 11.5 Å². The predicted molar refractivity (Wildman–Crippen MR) is 69.5 cm³/mol. The summed E-state index contributed by atoms with van der Waals surface area (Å²) in [6, 6.07) is 1.84. The molecule has 0 aromatic carbocycles. The molecule has 1 N–H and O–H groups in total. The van der Waals surface area contributed by atoms with Gasteiger partial charge in [-0.1, -0.05) is 26.1 Å². The minimum Gasteiger partial charge on any atom is -0.347 e. The molecule has 0 aliphatic carbocycles. The first kappa shape index (κ1) is 12.7. The van der Waals surface area contributed by atoms with Gasteiger partial charge in [-0.2, -0.15) is 0 Å². The molecule has 0 bridgehead atoms. The van der Waals surface area contributed by atoms with E-state index in [0.717, 1.165) is 11.5 Å². The van der Waals surface area contributed by atoms with Gasteiger partial charge in [0.05, 0.1) is 11.5 Å². The highest BCUT2D eigenvalue weighted by Gasteiger charge is 2.30. The summed E-state index contributed by atoms with van der Waals surface area (Å²) in [6.07, 6.45) is 0.641. The second kappa shape index (κ2) is 4.49. The smallest absolute Gasteiger partial charge is 0.151 e. The molecule has 1 aliphatic rings. The van der Waals surface area contributed by atoms with Crippen molar-refractivity contribution in [2.24, 2.45) is 0 Å². The molecule has 1 aromatic rings. The highest BCUT2D eigenvalue weighted by molar-refractivity contribution is 7.91. The van der Waals surface area contributed by atoms with Crippen LogP contribution in [0.1, 0.15) is 43.6 Å². The standard InChI is InChI=1S/C11H16N2O2S2/c1-7(2)9-5-10(16)13-11(12-9)8-3-4-17(14,15)6-8/h5,7-8H,3-4,6H2,1-2H3,(H,12,13,16). The van der Waals surface area contributed by atoms with E-state index in [-0.39, 0.29) is 17.4 Å². The molecule has 1 unspecified atom stereocenters. The van der Waals surface area contributed by atoms with Crippen LogP contribution in [0.5, 0.6) is 0 Å². The van der Waals surface area contributed by atoms with E-state index < -0.39 is 9.84 Å². The maximum atomic E-state index is 11.5. The van der Waals surface area contributed by atoms with Gasteiger partial charge in [-0.05, 0) is 18.4 Å². The first-order valence-electron chi connectivity index (χ1n) is 5.69. The Bertz CT molecular complexity index is 575. The summed E-state index contributed by atoms with van der Waals surface area (Å²) in [4.78, 5) is 7.48. The quantitative estimate of drug-likeness (QED) is 0.838. The fourth-order valence-corrected chi connectivity index (χ4v) is 3.98. The summed E-state index contributed by atoms with van der Waals surface area (Å²) in [6.45, 7) is 4.13. The highest BCUT2D eigenvalue weighted by Crippen LogP contribution is 2.27. The van der Waals surface area contributed by atoms with Crippen LogP contribution in [0.2, 0.25) is 0 Å². The van der Waals surface area contributed by atoms with Crippen LogP contribution in [-0.2, 0) is 9.84 Å². The zero-order valence-corrected chi connectivity index (χ0v) is 11.6. The monoisotopic (exact) mass is 272 g/mol. The van der Waals surface area contributed by atoms with Crippen LogP contribution in [0, 0.1) is 4.64 Å². The molecule has 1 aliphatic heterocycles. The summed E-state index contributed by atoms with van der Waals surface area (Å²) >= 11 is 5.12. The number of H-pyrrole nitrogens is 1. The third-order valence-electron chi connectivity index (χ3n) is 3.02. The number of hydrogen-bond donors (Lipinski definition) is 1. The Balaban J connectivity index is 2.37. The average Bonchev–Trinajstić information content (AvgIpc) is 2.58. The van der Waals surface area contributed by atoms with E-state index in [1.54, 1.807) is 0 Å². The second-order valence-corrected chi connectivity index (χ2v) is 7.46. The van der Waals surface area contributed by atoms with Crippen LogP contribution < -0.4 is 0 Å². The second-order valence-electron chi connectivity index (χ2n) is 4.81. The number of hydrogen-bond acceptors (Lipinski definition) is 4. The average molecular weight is 272 g/mol. The van der Waals surface area contributed by atoms with Crippen LogP contribution in [0.15, 0.2) is 6.07 Å². The maximum Gasteiger partial charge on any atom is 0.151 e. The third kappa shape index (κ3) is 2.93. The number of aromatic nitrogens is 2. The lowest BCUT2D eigenvalue weighted by molar-refractivity contribution is 0.601. The summed E-state index contributed by atoms with van der Waals surface area (Å²) < 4.78 is 23.4. The largest absolute Gasteiger partial charge is 0.347 e. The molecule has 17 heavy (non-hydrogen) atoms. The van der Waals surface area contributed by atoms with Crippen LogP contribution in [0.4, 0.5) is 0 Å². The van der Waals surface area contributed by atoms with Gasteiger partial charge in [0.25, 0.3) is 0 Å². The lowest BCUT2D eigenvalue weighted by atomic mass is 10.1. The predicted octanol–water partition coefficient (Wildman–Crippen LogP) is 2.16. The van der Waals surface area contributed by atoms with Crippen molar-refractivity contribution in [1.29, 1.82) is 0 Å². The van der Waals surface area contributed by atoms with Crippen LogP contribution in [-0.4, -0.2) is 29.9 Å². The Morgan fingerprint density at radius 3 is 2.76 bits per heavy atom. The topological polar surface area (TPSA) is 62.8 Å². The zero-order chi connectivity index (χ0) is 12.6. The Morgan fingerprint density at radius 1 is 1.53 bits per heavy atom. The van der Waals surface area contributed by atoms with E-state index in [1.165, 1.54) is 0 Å². The van der Waals surface area contributed by atoms with Crippen molar-refractivity contribution in [1.82, 2.24) is 9.97 Å². The summed E-state index contributed by atoms with van der Waals surface area (Å²) in [5.41, 5.74) is 1.02. The lowest BCUT2D eigenvalue weighted by Gasteiger charge is -2.11. The van der Waals surface area contributed by atoms with Gasteiger partial charge in [-0.25, -0.2) is 13.4 Å². The van der Waals surface area contributed by atoms with Gasteiger partial charge in [-0.3, -0.25) is 0 Å². The van der Waals surface area contributed by atoms with Crippen LogP contribution in [0.25, 0.3) is 0 Å². The van der Waals surface area contributed by atoms with Crippen LogP contribution >= 0.6 is 12.2 Å². The molecule has 0 amide bonds. The number of rotatable bonds is 2. The summed E-state index contributed by atoms with van der Waals surface area (Å²) in [5.74, 6) is 1.47. The van der Waals surface area contributed by atoms with Gasteiger partial charge in [-0.15, -0.1) is 0 Å². The van der Waals surface area contributed by atoms with Gasteiger partial charge < -0.3 is 4.98 Å². The van der Waals surface area contributed by atoms with Crippen molar-refractivity contribution in [3.63, 3.8) is 0 Å². The molecule has 0 saturated carbocycles. The summed E-state index contributed by atoms with van der Waals surface area (Å²) in [7, 11) is -2.88. The van der Waals surface area contributed by atoms with Gasteiger partial charge in [0.1, 0.15) is 10.5 Å². The Kier molecular flexibility index (Phi) is 3.36. The number of nitrogens with zero attached hydrogens (tertiary/aromatic N) is 1. The third-order valence-corrected chi connectivity index (χ3v) is 5.00. The minimum atomic E-state index is -2.88. The molecule has 6 heteroatoms. The van der Waals surface area contributed by atoms with Gasteiger partial charge in [0.2, 0.25) is 0 Å². The zero-order valence-electron chi connectivity index (χ0n) is 9.93. The normalized spacial score (nSPS) is 23.1. The molecule has 2 rings (SSSR count). The first-order valence-corrected chi connectivity index (χ1v) is 7.92. The Hall–Kier alpha value is -0.750. The lowest BCUT2D eigenvalue weighted by Crippen LogP contribution is -2.09. The molecule has 1 saturated heterocycles. The first-order chi connectivity index (χ1) is 7.87. The van der Waals surface area contributed by atoms with E-state index in [0.29, 0.717) is 17.0 Å². The molecule has 1 atom stereocenters. The van der Waals surface area contributed by atoms with Crippen molar-refractivity contribution >= 4 is 22.1 Å². The van der Waals surface area contributed by atoms with Gasteiger partial charge in [0.15, 0.2) is 9.84 Å². The van der Waals surface area contributed by atoms with E-state index in [2.05, 4.69) is 23.8 Å². The molecular formula is C11H16N2O2S2. The minimum absolute atomic E-state index is 0.0274. The van der Waals surface area contributed by atoms with Gasteiger partial charge >= 0.3 is 0 Å². The van der Waals surface area contributed by atoms with Crippen molar-refractivity contribution in [3.8, 4) is 0 Å². The molecule has 2 heterocycles. The fourth-order valence-electron chi connectivity index (χ4n) is 2.01. The van der Waals surface area contributed by atoms with E-state index >= 15 is 0 Å². The van der Waals surface area contributed by atoms with Gasteiger partial charge in [0, 0.05) is 11.6 Å². The Labute approximate surface area is 106 Å². The SMILES string of the molecule is CC(C)c1cc(=S)nc(C2CCS(=O)(=O)C2)[nH]1. The summed E-state index contributed by atoms with van der Waals surface area (Å²) in [5, 5.41) is 0. The van der Waals surface area contributed by atoms with Crippen molar-refractivity contribution in [3.05, 3.63) is 22.2 Å². The molecule has 0 radical (unpaired) electrons. The molecular weight excluding hydrogens is 256 g/mol. The number of aromatic amines is 1. The molecule has 1 fully saturated rings. The van der Waals surface area contributed by atoms with Crippen molar-refractivity contribution < 1.29 is 8.42 Å². The van der Waals surface area contributed by atoms with Crippen molar-refractivity contribution in [2.45, 2.75) is 32.1 Å².